The molecule has 2 fully saturated rings. The summed E-state index contributed by atoms with van der Waals surface area (Å²) < 4.78 is 0. The fourth-order valence-electron chi connectivity index (χ4n) is 3.73. The van der Waals surface area contributed by atoms with Crippen molar-refractivity contribution < 1.29 is 9.59 Å². The summed E-state index contributed by atoms with van der Waals surface area (Å²) in [5.74, 6) is 0.867. The Kier molecular flexibility index (Phi) is 4.93. The molecule has 120 valence electrons. The van der Waals surface area contributed by atoms with Gasteiger partial charge in [0.1, 0.15) is 0 Å². The zero-order valence-electron chi connectivity index (χ0n) is 12.1. The van der Waals surface area contributed by atoms with Gasteiger partial charge in [-0.25, -0.2) is 4.79 Å². The first-order valence-electron chi connectivity index (χ1n) is 7.27. The fraction of sp³-hybridized carbons (Fsp3) is 0.467. The molecule has 0 spiro atoms. The number of halogens is 1. The summed E-state index contributed by atoms with van der Waals surface area (Å²) in [6.07, 6.45) is 3.35. The van der Waals surface area contributed by atoms with Crippen LogP contribution in [-0.2, 0) is 4.79 Å². The molecule has 3 rings (SSSR count). The third-order valence-electron chi connectivity index (χ3n) is 4.70. The normalized spacial score (nSPS) is 28.8. The molecule has 2 aliphatic rings. The predicted octanol–water partition coefficient (Wildman–Crippen LogP) is 1.91. The third kappa shape index (κ3) is 3.18. The van der Waals surface area contributed by atoms with E-state index in [0.29, 0.717) is 23.2 Å². The van der Waals surface area contributed by atoms with Crippen molar-refractivity contribution in [3.63, 3.8) is 0 Å². The highest BCUT2D eigenvalue weighted by atomic mass is 35.5. The number of carbonyl (C=O) groups excluding carboxylic acids is 2. The molecule has 7 heteroatoms. The van der Waals surface area contributed by atoms with Crippen LogP contribution in [0.1, 0.15) is 19.3 Å². The molecule has 2 saturated carbocycles. The standard InChI is InChI=1S/C15H20N4O2.ClH/c16-13-9-2-1-8(7-9)12(13)14(20)18-10-3-5-11(6-4-10)19-15(17)21;/h3-6,8-9,12-13H,1-2,7,16H2,(H,18,20)(H3,17,19,21);1H. The molecule has 0 radical (unpaired) electrons. The van der Waals surface area contributed by atoms with Gasteiger partial charge in [-0.3, -0.25) is 4.79 Å². The minimum Gasteiger partial charge on any atom is -0.351 e. The third-order valence-corrected chi connectivity index (χ3v) is 4.70. The topological polar surface area (TPSA) is 110 Å². The summed E-state index contributed by atoms with van der Waals surface area (Å²) in [7, 11) is 0. The van der Waals surface area contributed by atoms with Crippen LogP contribution in [-0.4, -0.2) is 18.0 Å². The lowest BCUT2D eigenvalue weighted by atomic mass is 9.84. The smallest absolute Gasteiger partial charge is 0.316 e. The highest BCUT2D eigenvalue weighted by Crippen LogP contribution is 2.47. The number of hydrogen-bond donors (Lipinski definition) is 4. The van der Waals surface area contributed by atoms with Gasteiger partial charge >= 0.3 is 6.03 Å². The van der Waals surface area contributed by atoms with Crippen LogP contribution in [0, 0.1) is 17.8 Å². The number of benzene rings is 1. The van der Waals surface area contributed by atoms with Crippen molar-refractivity contribution in [2.45, 2.75) is 25.3 Å². The van der Waals surface area contributed by atoms with Gasteiger partial charge < -0.3 is 22.1 Å². The quantitative estimate of drug-likeness (QED) is 0.681. The Morgan fingerprint density at radius 3 is 2.05 bits per heavy atom. The van der Waals surface area contributed by atoms with E-state index in [9.17, 15) is 9.59 Å². The summed E-state index contributed by atoms with van der Waals surface area (Å²) in [6.45, 7) is 0. The van der Waals surface area contributed by atoms with Gasteiger partial charge in [0.05, 0.1) is 5.92 Å². The van der Waals surface area contributed by atoms with Crippen LogP contribution in [0.3, 0.4) is 0 Å². The van der Waals surface area contributed by atoms with Gasteiger partial charge in [0, 0.05) is 17.4 Å². The molecule has 2 bridgehead atoms. The average Bonchev–Trinajstić information content (AvgIpc) is 3.01. The molecular formula is C15H21ClN4O2. The number of fused-ring (bicyclic) bond motifs is 2. The molecule has 6 N–H and O–H groups in total. The maximum absolute atomic E-state index is 12.4. The van der Waals surface area contributed by atoms with Gasteiger partial charge in [0.15, 0.2) is 0 Å². The van der Waals surface area contributed by atoms with E-state index < -0.39 is 6.03 Å². The largest absolute Gasteiger partial charge is 0.351 e. The Balaban J connectivity index is 0.00000176. The lowest BCUT2D eigenvalue weighted by Crippen LogP contribution is -2.42. The monoisotopic (exact) mass is 324 g/mol. The molecule has 0 aliphatic heterocycles. The first-order valence-corrected chi connectivity index (χ1v) is 7.27. The second kappa shape index (κ2) is 6.54. The molecule has 6 nitrogen and oxygen atoms in total. The van der Waals surface area contributed by atoms with E-state index >= 15 is 0 Å². The number of anilines is 2. The van der Waals surface area contributed by atoms with Gasteiger partial charge in [0.2, 0.25) is 5.91 Å². The molecule has 3 amide bonds. The molecule has 0 heterocycles. The highest BCUT2D eigenvalue weighted by Gasteiger charge is 2.49. The van der Waals surface area contributed by atoms with E-state index in [1.54, 1.807) is 24.3 Å². The minimum absolute atomic E-state index is 0. The Bertz CT molecular complexity index is 561. The second-order valence-corrected chi connectivity index (χ2v) is 5.99. The number of rotatable bonds is 3. The zero-order chi connectivity index (χ0) is 15.0. The van der Waals surface area contributed by atoms with E-state index in [-0.39, 0.29) is 30.3 Å². The molecule has 1 aromatic carbocycles. The average molecular weight is 325 g/mol. The summed E-state index contributed by atoms with van der Waals surface area (Å²) in [4.78, 5) is 23.1. The lowest BCUT2D eigenvalue weighted by molar-refractivity contribution is -0.121. The molecule has 0 aromatic heterocycles. The molecule has 22 heavy (non-hydrogen) atoms. The van der Waals surface area contributed by atoms with Gasteiger partial charge in [-0.05, 0) is 55.4 Å². The fourth-order valence-corrected chi connectivity index (χ4v) is 3.73. The van der Waals surface area contributed by atoms with Crippen LogP contribution in [0.15, 0.2) is 24.3 Å². The van der Waals surface area contributed by atoms with Gasteiger partial charge in [-0.15, -0.1) is 12.4 Å². The van der Waals surface area contributed by atoms with Crippen molar-refractivity contribution in [3.05, 3.63) is 24.3 Å². The van der Waals surface area contributed by atoms with Crippen LogP contribution in [0.25, 0.3) is 0 Å². The maximum atomic E-state index is 12.4. The number of carbonyl (C=O) groups is 2. The van der Waals surface area contributed by atoms with Crippen LogP contribution in [0.5, 0.6) is 0 Å². The highest BCUT2D eigenvalue weighted by molar-refractivity contribution is 5.94. The number of nitrogens with two attached hydrogens (primary N) is 2. The minimum atomic E-state index is -0.611. The molecule has 0 saturated heterocycles. The van der Waals surface area contributed by atoms with E-state index in [1.165, 1.54) is 0 Å². The van der Waals surface area contributed by atoms with Crippen molar-refractivity contribution in [2.24, 2.45) is 29.2 Å². The lowest BCUT2D eigenvalue weighted by Gasteiger charge is -2.27. The van der Waals surface area contributed by atoms with Crippen LogP contribution in [0.2, 0.25) is 0 Å². The summed E-state index contributed by atoms with van der Waals surface area (Å²) >= 11 is 0. The van der Waals surface area contributed by atoms with Crippen molar-refractivity contribution in [3.8, 4) is 0 Å². The number of nitrogens with one attached hydrogen (secondary N) is 2. The molecule has 1 aromatic rings. The van der Waals surface area contributed by atoms with Crippen molar-refractivity contribution in [2.75, 3.05) is 10.6 Å². The van der Waals surface area contributed by atoms with Crippen molar-refractivity contribution in [1.82, 2.24) is 0 Å². The summed E-state index contributed by atoms with van der Waals surface area (Å²) in [6, 6.07) is 6.24. The second-order valence-electron chi connectivity index (χ2n) is 5.99. The molecule has 4 unspecified atom stereocenters. The van der Waals surface area contributed by atoms with Crippen LogP contribution >= 0.6 is 12.4 Å². The van der Waals surface area contributed by atoms with Crippen molar-refractivity contribution >= 4 is 35.7 Å². The Morgan fingerprint density at radius 1 is 1.00 bits per heavy atom. The van der Waals surface area contributed by atoms with Gasteiger partial charge in [-0.1, -0.05) is 0 Å². The summed E-state index contributed by atoms with van der Waals surface area (Å²) in [5.41, 5.74) is 12.5. The first-order chi connectivity index (χ1) is 10.0. The molecule has 4 atom stereocenters. The number of amides is 3. The predicted molar refractivity (Wildman–Crippen MR) is 87.8 cm³/mol. The Morgan fingerprint density at radius 2 is 1.55 bits per heavy atom. The summed E-state index contributed by atoms with van der Waals surface area (Å²) in [5, 5.41) is 5.39. The van der Waals surface area contributed by atoms with Crippen molar-refractivity contribution in [1.29, 1.82) is 0 Å². The number of primary amides is 1. The molecular weight excluding hydrogens is 304 g/mol. The number of urea groups is 1. The van der Waals surface area contributed by atoms with E-state index in [0.717, 1.165) is 19.3 Å². The first kappa shape index (κ1) is 16.6. The number of hydrogen-bond acceptors (Lipinski definition) is 3. The van der Waals surface area contributed by atoms with Gasteiger partial charge in [-0.2, -0.15) is 0 Å². The zero-order valence-corrected chi connectivity index (χ0v) is 12.9. The van der Waals surface area contributed by atoms with Gasteiger partial charge in [0.25, 0.3) is 0 Å². The van der Waals surface area contributed by atoms with E-state index in [2.05, 4.69) is 10.6 Å². The molecule has 2 aliphatic carbocycles. The Labute approximate surface area is 135 Å². The van der Waals surface area contributed by atoms with E-state index in [4.69, 9.17) is 11.5 Å². The Hall–Kier alpha value is -1.79. The maximum Gasteiger partial charge on any atom is 0.316 e. The SMILES string of the molecule is Cl.NC(=O)Nc1ccc(NC(=O)C2C3CCC(C3)C2N)cc1. The van der Waals surface area contributed by atoms with E-state index in [1.807, 2.05) is 0 Å². The van der Waals surface area contributed by atoms with Crippen LogP contribution < -0.4 is 22.1 Å². The van der Waals surface area contributed by atoms with Crippen LogP contribution in [0.4, 0.5) is 16.2 Å².